The second-order valence-electron chi connectivity index (χ2n) is 3.09. The van der Waals surface area contributed by atoms with Crippen molar-refractivity contribution in [3.8, 4) is 16.9 Å². The average molecular weight is 203 g/mol. The second kappa shape index (κ2) is 4.09. The van der Waals surface area contributed by atoms with Gasteiger partial charge in [0.05, 0.1) is 7.11 Å². The molecule has 3 heteroatoms. The minimum atomic E-state index is -0.303. The van der Waals surface area contributed by atoms with Crippen molar-refractivity contribution in [1.82, 2.24) is 4.98 Å². The standard InChI is InChI=1S/C12H10FNO/c1-15-10-4-5-11(12(13)7-10)9-3-2-6-14-8-9/h2-8H,1H3. The van der Waals surface area contributed by atoms with Crippen LogP contribution in [-0.2, 0) is 0 Å². The number of rotatable bonds is 2. The van der Waals surface area contributed by atoms with Gasteiger partial charge in [-0.05, 0) is 18.2 Å². The summed E-state index contributed by atoms with van der Waals surface area (Å²) in [7, 11) is 1.51. The molecule has 0 amide bonds. The molecular formula is C12H10FNO. The number of halogens is 1. The lowest BCUT2D eigenvalue weighted by atomic mass is 10.1. The largest absolute Gasteiger partial charge is 0.497 e. The van der Waals surface area contributed by atoms with Gasteiger partial charge >= 0.3 is 0 Å². The van der Waals surface area contributed by atoms with Gasteiger partial charge in [0.1, 0.15) is 11.6 Å². The van der Waals surface area contributed by atoms with Gasteiger partial charge < -0.3 is 4.74 Å². The smallest absolute Gasteiger partial charge is 0.134 e. The summed E-state index contributed by atoms with van der Waals surface area (Å²) in [5.41, 5.74) is 1.29. The molecule has 0 aliphatic rings. The molecule has 0 fully saturated rings. The third-order valence-electron chi connectivity index (χ3n) is 2.15. The van der Waals surface area contributed by atoms with E-state index in [0.717, 1.165) is 5.56 Å². The quantitative estimate of drug-likeness (QED) is 0.748. The summed E-state index contributed by atoms with van der Waals surface area (Å²) in [6, 6.07) is 8.37. The highest BCUT2D eigenvalue weighted by atomic mass is 19.1. The van der Waals surface area contributed by atoms with Crippen LogP contribution in [0.3, 0.4) is 0 Å². The van der Waals surface area contributed by atoms with Gasteiger partial charge in [-0.1, -0.05) is 6.07 Å². The first-order chi connectivity index (χ1) is 7.31. The van der Waals surface area contributed by atoms with Gasteiger partial charge in [0, 0.05) is 29.6 Å². The van der Waals surface area contributed by atoms with Crippen LogP contribution in [0.15, 0.2) is 42.7 Å². The maximum Gasteiger partial charge on any atom is 0.134 e. The molecule has 1 heterocycles. The van der Waals surface area contributed by atoms with E-state index < -0.39 is 0 Å². The van der Waals surface area contributed by atoms with E-state index in [1.54, 1.807) is 30.6 Å². The Morgan fingerprint density at radius 1 is 1.27 bits per heavy atom. The van der Waals surface area contributed by atoms with E-state index in [4.69, 9.17) is 4.74 Å². The summed E-state index contributed by atoms with van der Waals surface area (Å²) in [5.74, 6) is 0.211. The molecule has 2 nitrogen and oxygen atoms in total. The molecule has 1 aromatic heterocycles. The van der Waals surface area contributed by atoms with Crippen LogP contribution in [0.4, 0.5) is 4.39 Å². The monoisotopic (exact) mass is 203 g/mol. The average Bonchev–Trinajstić information content (AvgIpc) is 2.30. The van der Waals surface area contributed by atoms with Crippen molar-refractivity contribution in [2.24, 2.45) is 0 Å². The van der Waals surface area contributed by atoms with E-state index in [0.29, 0.717) is 11.3 Å². The first kappa shape index (κ1) is 9.65. The molecule has 0 N–H and O–H groups in total. The number of nitrogens with zero attached hydrogens (tertiary/aromatic N) is 1. The summed E-state index contributed by atoms with van der Waals surface area (Å²) in [5, 5.41) is 0. The maximum atomic E-state index is 13.6. The Bertz CT molecular complexity index is 456. The summed E-state index contributed by atoms with van der Waals surface area (Å²) in [6.45, 7) is 0. The summed E-state index contributed by atoms with van der Waals surface area (Å²) >= 11 is 0. The lowest BCUT2D eigenvalue weighted by Gasteiger charge is -2.04. The molecule has 2 rings (SSSR count). The van der Waals surface area contributed by atoms with E-state index in [9.17, 15) is 4.39 Å². The van der Waals surface area contributed by atoms with Crippen molar-refractivity contribution in [1.29, 1.82) is 0 Å². The molecule has 0 saturated carbocycles. The number of hydrogen-bond donors (Lipinski definition) is 0. The molecule has 0 bridgehead atoms. The second-order valence-corrected chi connectivity index (χ2v) is 3.09. The van der Waals surface area contributed by atoms with Crippen molar-refractivity contribution in [2.45, 2.75) is 0 Å². The molecular weight excluding hydrogens is 193 g/mol. The molecule has 2 aromatic rings. The normalized spacial score (nSPS) is 10.0. The fourth-order valence-electron chi connectivity index (χ4n) is 1.38. The Morgan fingerprint density at radius 3 is 2.73 bits per heavy atom. The third-order valence-corrected chi connectivity index (χ3v) is 2.15. The van der Waals surface area contributed by atoms with Crippen LogP contribution in [0.1, 0.15) is 0 Å². The van der Waals surface area contributed by atoms with Crippen molar-refractivity contribution in [3.05, 3.63) is 48.5 Å². The van der Waals surface area contributed by atoms with Gasteiger partial charge in [-0.3, -0.25) is 4.98 Å². The van der Waals surface area contributed by atoms with Crippen LogP contribution >= 0.6 is 0 Å². The molecule has 1 aromatic carbocycles. The Morgan fingerprint density at radius 2 is 2.13 bits per heavy atom. The first-order valence-electron chi connectivity index (χ1n) is 4.55. The maximum absolute atomic E-state index is 13.6. The zero-order chi connectivity index (χ0) is 10.7. The Kier molecular flexibility index (Phi) is 2.63. The van der Waals surface area contributed by atoms with E-state index in [1.807, 2.05) is 6.07 Å². The molecule has 0 atom stereocenters. The van der Waals surface area contributed by atoms with Crippen LogP contribution in [0, 0.1) is 5.82 Å². The minimum Gasteiger partial charge on any atom is -0.497 e. The van der Waals surface area contributed by atoms with E-state index in [2.05, 4.69) is 4.98 Å². The van der Waals surface area contributed by atoms with Gasteiger partial charge in [-0.15, -0.1) is 0 Å². The van der Waals surface area contributed by atoms with Gasteiger partial charge in [0.25, 0.3) is 0 Å². The van der Waals surface area contributed by atoms with E-state index in [-0.39, 0.29) is 5.82 Å². The minimum absolute atomic E-state index is 0.303. The Labute approximate surface area is 87.4 Å². The summed E-state index contributed by atoms with van der Waals surface area (Å²) in [6.07, 6.45) is 3.29. The molecule has 0 aliphatic heterocycles. The highest BCUT2D eigenvalue weighted by Gasteiger charge is 2.05. The fraction of sp³-hybridized carbons (Fsp3) is 0.0833. The topological polar surface area (TPSA) is 22.1 Å². The third kappa shape index (κ3) is 1.96. The van der Waals surface area contributed by atoms with Gasteiger partial charge in [0.15, 0.2) is 0 Å². The Hall–Kier alpha value is -1.90. The van der Waals surface area contributed by atoms with Gasteiger partial charge in [0.2, 0.25) is 0 Å². The molecule has 0 unspecified atom stereocenters. The van der Waals surface area contributed by atoms with Crippen LogP contribution in [0.25, 0.3) is 11.1 Å². The van der Waals surface area contributed by atoms with Crippen LogP contribution in [-0.4, -0.2) is 12.1 Å². The highest BCUT2D eigenvalue weighted by Crippen LogP contribution is 2.25. The fourth-order valence-corrected chi connectivity index (χ4v) is 1.38. The van der Waals surface area contributed by atoms with Crippen molar-refractivity contribution >= 4 is 0 Å². The first-order valence-corrected chi connectivity index (χ1v) is 4.55. The zero-order valence-corrected chi connectivity index (χ0v) is 8.27. The molecule has 0 radical (unpaired) electrons. The highest BCUT2D eigenvalue weighted by molar-refractivity contribution is 5.63. The SMILES string of the molecule is COc1ccc(-c2cccnc2)c(F)c1. The molecule has 76 valence electrons. The van der Waals surface area contributed by atoms with Gasteiger partial charge in [-0.2, -0.15) is 0 Å². The van der Waals surface area contributed by atoms with Crippen molar-refractivity contribution < 1.29 is 9.13 Å². The molecule has 15 heavy (non-hydrogen) atoms. The zero-order valence-electron chi connectivity index (χ0n) is 8.27. The summed E-state index contributed by atoms with van der Waals surface area (Å²) in [4.78, 5) is 3.95. The van der Waals surface area contributed by atoms with Crippen molar-refractivity contribution in [3.63, 3.8) is 0 Å². The van der Waals surface area contributed by atoms with E-state index >= 15 is 0 Å². The Balaban J connectivity index is 2.46. The molecule has 0 spiro atoms. The lowest BCUT2D eigenvalue weighted by Crippen LogP contribution is -1.88. The number of aromatic nitrogens is 1. The number of methoxy groups -OCH3 is 1. The predicted molar refractivity (Wildman–Crippen MR) is 56.2 cm³/mol. The van der Waals surface area contributed by atoms with E-state index in [1.165, 1.54) is 13.2 Å². The number of hydrogen-bond acceptors (Lipinski definition) is 2. The van der Waals surface area contributed by atoms with Crippen LogP contribution in [0.5, 0.6) is 5.75 Å². The van der Waals surface area contributed by atoms with Crippen molar-refractivity contribution in [2.75, 3.05) is 7.11 Å². The number of pyridine rings is 1. The lowest BCUT2D eigenvalue weighted by molar-refractivity contribution is 0.411. The van der Waals surface area contributed by atoms with Gasteiger partial charge in [-0.25, -0.2) is 4.39 Å². The van der Waals surface area contributed by atoms with Crippen LogP contribution < -0.4 is 4.74 Å². The predicted octanol–water partition coefficient (Wildman–Crippen LogP) is 2.90. The summed E-state index contributed by atoms with van der Waals surface area (Å²) < 4.78 is 18.5. The molecule has 0 aliphatic carbocycles. The van der Waals surface area contributed by atoms with Crippen LogP contribution in [0.2, 0.25) is 0 Å². The number of benzene rings is 1. The molecule has 0 saturated heterocycles. The number of ether oxygens (including phenoxy) is 1.